The molecule has 1 amide bonds. The van der Waals surface area contributed by atoms with Gasteiger partial charge in [0.25, 0.3) is 5.78 Å². The minimum Gasteiger partial charge on any atom is -0.507 e. The molecule has 9 heteroatoms. The first-order valence-electron chi connectivity index (χ1n) is 11.6. The summed E-state index contributed by atoms with van der Waals surface area (Å²) in [5.41, 5.74) is 2.63. The third kappa shape index (κ3) is 3.93. The van der Waals surface area contributed by atoms with E-state index in [2.05, 4.69) is 4.98 Å². The number of ether oxygens (including phenoxy) is 2. The zero-order chi connectivity index (χ0) is 25.8. The van der Waals surface area contributed by atoms with Crippen molar-refractivity contribution < 1.29 is 24.2 Å². The van der Waals surface area contributed by atoms with E-state index in [1.165, 1.54) is 16.2 Å². The number of fused-ring (bicyclic) bond motifs is 2. The van der Waals surface area contributed by atoms with Gasteiger partial charge in [-0.15, -0.1) is 0 Å². The second-order valence-corrected chi connectivity index (χ2v) is 10.5. The lowest BCUT2D eigenvalue weighted by Crippen LogP contribution is -2.29. The molecule has 0 radical (unpaired) electrons. The minimum absolute atomic E-state index is 0.0116. The van der Waals surface area contributed by atoms with Crippen LogP contribution in [0.1, 0.15) is 29.7 Å². The normalized spacial score (nSPS) is 20.4. The van der Waals surface area contributed by atoms with E-state index in [4.69, 9.17) is 21.1 Å². The Morgan fingerprint density at radius 1 is 1.16 bits per heavy atom. The van der Waals surface area contributed by atoms with Gasteiger partial charge >= 0.3 is 5.91 Å². The quantitative estimate of drug-likeness (QED) is 0.200. The van der Waals surface area contributed by atoms with Gasteiger partial charge in [-0.1, -0.05) is 35.1 Å². The second-order valence-electron chi connectivity index (χ2n) is 9.01. The summed E-state index contributed by atoms with van der Waals surface area (Å²) in [6, 6.07) is 16.7. The molecule has 0 unspecified atom stereocenters. The Bertz CT molecular complexity index is 1630. The molecule has 0 spiro atoms. The number of rotatable bonds is 4. The van der Waals surface area contributed by atoms with Crippen LogP contribution in [0.3, 0.4) is 0 Å². The van der Waals surface area contributed by atoms with Gasteiger partial charge < -0.3 is 14.6 Å². The molecular formula is C28H21ClN2O5S. The van der Waals surface area contributed by atoms with Crippen LogP contribution in [0.25, 0.3) is 16.0 Å². The zero-order valence-electron chi connectivity index (χ0n) is 19.9. The molecule has 3 heterocycles. The lowest BCUT2D eigenvalue weighted by molar-refractivity contribution is -0.132. The van der Waals surface area contributed by atoms with Crippen molar-refractivity contribution in [2.45, 2.75) is 25.5 Å². The summed E-state index contributed by atoms with van der Waals surface area (Å²) in [7, 11) is 1.54. The molecule has 3 aromatic carbocycles. The van der Waals surface area contributed by atoms with Crippen LogP contribution >= 0.6 is 22.9 Å². The number of aliphatic hydroxyl groups is 1. The SMILES string of the molecule is COc1cccc([C@@H]2C(=C(O)c3ccc4c(c3)C[C@H](C)O4)C(=O)C(=O)N2c2nc3ccc(Cl)cc3s2)c1. The molecule has 1 fully saturated rings. The van der Waals surface area contributed by atoms with Crippen molar-refractivity contribution >= 4 is 55.7 Å². The zero-order valence-corrected chi connectivity index (χ0v) is 21.5. The number of aliphatic hydroxyl groups excluding tert-OH is 1. The van der Waals surface area contributed by atoms with Crippen molar-refractivity contribution in [3.05, 3.63) is 87.9 Å². The van der Waals surface area contributed by atoms with Gasteiger partial charge in [0.05, 0.1) is 28.9 Å². The molecule has 6 rings (SSSR count). The Hall–Kier alpha value is -3.88. The molecule has 2 aliphatic rings. The average molecular weight is 533 g/mol. The molecule has 37 heavy (non-hydrogen) atoms. The van der Waals surface area contributed by atoms with Crippen molar-refractivity contribution in [1.29, 1.82) is 0 Å². The van der Waals surface area contributed by atoms with Crippen LogP contribution < -0.4 is 14.4 Å². The smallest absolute Gasteiger partial charge is 0.301 e. The topological polar surface area (TPSA) is 89.0 Å². The van der Waals surface area contributed by atoms with E-state index in [0.717, 1.165) is 16.0 Å². The Balaban J connectivity index is 1.54. The summed E-state index contributed by atoms with van der Waals surface area (Å²) in [5, 5.41) is 12.4. The number of hydrogen-bond acceptors (Lipinski definition) is 7. The van der Waals surface area contributed by atoms with Gasteiger partial charge in [-0.3, -0.25) is 14.5 Å². The monoisotopic (exact) mass is 532 g/mol. The highest BCUT2D eigenvalue weighted by molar-refractivity contribution is 7.22. The van der Waals surface area contributed by atoms with Gasteiger partial charge in [-0.05, 0) is 66.6 Å². The summed E-state index contributed by atoms with van der Waals surface area (Å²) in [6.07, 6.45) is 0.723. The Morgan fingerprint density at radius 2 is 2.00 bits per heavy atom. The van der Waals surface area contributed by atoms with E-state index in [1.54, 1.807) is 61.7 Å². The molecule has 0 bridgehead atoms. The van der Waals surface area contributed by atoms with E-state index in [-0.39, 0.29) is 17.4 Å². The first-order valence-corrected chi connectivity index (χ1v) is 12.8. The molecule has 0 saturated carbocycles. The fraction of sp³-hybridized carbons (Fsp3) is 0.179. The third-order valence-electron chi connectivity index (χ3n) is 6.57. The predicted octanol–water partition coefficient (Wildman–Crippen LogP) is 5.91. The number of methoxy groups -OCH3 is 1. The number of thiazole rings is 1. The molecule has 0 aliphatic carbocycles. The van der Waals surface area contributed by atoms with Crippen molar-refractivity contribution in [3.8, 4) is 11.5 Å². The van der Waals surface area contributed by atoms with E-state index >= 15 is 0 Å². The number of carbonyl (C=O) groups is 2. The van der Waals surface area contributed by atoms with Crippen LogP contribution in [0.15, 0.2) is 66.2 Å². The molecule has 2 atom stereocenters. The van der Waals surface area contributed by atoms with E-state index in [0.29, 0.717) is 39.0 Å². The number of carbonyl (C=O) groups excluding carboxylic acids is 2. The Morgan fingerprint density at radius 3 is 2.81 bits per heavy atom. The summed E-state index contributed by atoms with van der Waals surface area (Å²) in [6.45, 7) is 1.97. The number of nitrogens with zero attached hydrogens (tertiary/aromatic N) is 2. The van der Waals surface area contributed by atoms with Crippen molar-refractivity contribution in [1.82, 2.24) is 4.98 Å². The summed E-state index contributed by atoms with van der Waals surface area (Å²) in [5.74, 6) is -0.490. The number of Topliss-reactive ketones (excluding diaryl/α,β-unsaturated/α-hetero) is 1. The number of halogens is 1. The molecule has 2 aliphatic heterocycles. The van der Waals surface area contributed by atoms with Gasteiger partial charge in [0.15, 0.2) is 5.13 Å². The number of hydrogen-bond donors (Lipinski definition) is 1. The van der Waals surface area contributed by atoms with Crippen LogP contribution in [0.4, 0.5) is 5.13 Å². The maximum Gasteiger partial charge on any atom is 0.301 e. The van der Waals surface area contributed by atoms with Gasteiger partial charge in [0, 0.05) is 17.0 Å². The molecule has 186 valence electrons. The highest BCUT2D eigenvalue weighted by Crippen LogP contribution is 2.45. The molecule has 1 N–H and O–H groups in total. The maximum absolute atomic E-state index is 13.5. The highest BCUT2D eigenvalue weighted by atomic mass is 35.5. The largest absolute Gasteiger partial charge is 0.507 e. The van der Waals surface area contributed by atoms with Gasteiger partial charge in [-0.25, -0.2) is 4.98 Å². The van der Waals surface area contributed by atoms with Gasteiger partial charge in [0.2, 0.25) is 0 Å². The van der Waals surface area contributed by atoms with Crippen LogP contribution in [0, 0.1) is 0 Å². The van der Waals surface area contributed by atoms with E-state index in [1.807, 2.05) is 13.0 Å². The molecule has 1 aromatic heterocycles. The fourth-order valence-corrected chi connectivity index (χ4v) is 6.14. The van der Waals surface area contributed by atoms with Crippen LogP contribution in [-0.2, 0) is 16.0 Å². The standard InChI is InChI=1S/C28H21ClN2O5S/c1-14-10-17-11-16(6-9-21(17)36-14)25(32)23-24(15-4-3-5-19(12-15)35-2)31(27(34)26(23)33)28-30-20-8-7-18(29)13-22(20)37-28/h3-9,11-14,24,32H,10H2,1-2H3/t14-,24+/m0/s1. The lowest BCUT2D eigenvalue weighted by Gasteiger charge is -2.23. The van der Waals surface area contributed by atoms with Crippen molar-refractivity contribution in [3.63, 3.8) is 0 Å². The van der Waals surface area contributed by atoms with Crippen LogP contribution in [0.5, 0.6) is 11.5 Å². The number of anilines is 1. The third-order valence-corrected chi connectivity index (χ3v) is 7.82. The maximum atomic E-state index is 13.5. The first-order chi connectivity index (χ1) is 17.8. The van der Waals surface area contributed by atoms with Crippen molar-refractivity contribution in [2.75, 3.05) is 12.0 Å². The molecule has 4 aromatic rings. The van der Waals surface area contributed by atoms with Gasteiger partial charge in [0.1, 0.15) is 23.4 Å². The van der Waals surface area contributed by atoms with Crippen LogP contribution in [0.2, 0.25) is 5.02 Å². The number of benzene rings is 3. The summed E-state index contributed by atoms with van der Waals surface area (Å²) in [4.78, 5) is 32.9. The van der Waals surface area contributed by atoms with Gasteiger partial charge in [-0.2, -0.15) is 0 Å². The summed E-state index contributed by atoms with van der Waals surface area (Å²) >= 11 is 7.41. The number of amides is 1. The second kappa shape index (κ2) is 8.90. The number of ketones is 1. The van der Waals surface area contributed by atoms with E-state index in [9.17, 15) is 14.7 Å². The summed E-state index contributed by atoms with van der Waals surface area (Å²) < 4.78 is 12.0. The Labute approximate surface area is 221 Å². The Kier molecular flexibility index (Phi) is 5.66. The van der Waals surface area contributed by atoms with E-state index < -0.39 is 17.7 Å². The highest BCUT2D eigenvalue weighted by Gasteiger charge is 2.48. The van der Waals surface area contributed by atoms with Crippen LogP contribution in [-0.4, -0.2) is 35.0 Å². The number of aromatic nitrogens is 1. The minimum atomic E-state index is -0.908. The lowest BCUT2D eigenvalue weighted by atomic mass is 9.94. The molecule has 7 nitrogen and oxygen atoms in total. The first kappa shape index (κ1) is 23.5. The predicted molar refractivity (Wildman–Crippen MR) is 143 cm³/mol. The van der Waals surface area contributed by atoms with Crippen molar-refractivity contribution in [2.24, 2.45) is 0 Å². The fourth-order valence-electron chi connectivity index (χ4n) is 4.87. The molecular weight excluding hydrogens is 512 g/mol. The molecule has 1 saturated heterocycles. The average Bonchev–Trinajstić information content (AvgIpc) is 3.55.